The molecule has 0 heterocycles. The molecule has 1 N–H and O–H groups in total. The van der Waals surface area contributed by atoms with Crippen molar-refractivity contribution in [3.05, 3.63) is 29.8 Å². The molecule has 1 aliphatic carbocycles. The molecular weight excluding hydrogens is 258 g/mol. The average molecular weight is 289 g/mol. The largest absolute Gasteiger partial charge is 0.490 e. The van der Waals surface area contributed by atoms with Gasteiger partial charge in [-0.2, -0.15) is 0 Å². The summed E-state index contributed by atoms with van der Waals surface area (Å²) in [5.74, 6) is 1.89. The molecule has 0 spiro atoms. The third kappa shape index (κ3) is 5.70. The minimum atomic E-state index is 0.147. The van der Waals surface area contributed by atoms with Crippen molar-refractivity contribution in [2.24, 2.45) is 5.92 Å². The SMILES string of the molecule is CCC1CCCC(Oc2cccc(CNC(C)(C)C)c2)C1. The van der Waals surface area contributed by atoms with E-state index in [0.29, 0.717) is 6.10 Å². The fourth-order valence-electron chi connectivity index (χ4n) is 3.01. The third-order valence-corrected chi connectivity index (χ3v) is 4.34. The molecule has 2 unspecified atom stereocenters. The van der Waals surface area contributed by atoms with Crippen molar-refractivity contribution < 1.29 is 4.74 Å². The van der Waals surface area contributed by atoms with Crippen molar-refractivity contribution in [1.82, 2.24) is 5.32 Å². The Hall–Kier alpha value is -1.02. The van der Waals surface area contributed by atoms with Crippen molar-refractivity contribution in [3.8, 4) is 5.75 Å². The number of rotatable bonds is 5. The second-order valence-electron chi connectivity index (χ2n) is 7.43. The number of hydrogen-bond donors (Lipinski definition) is 1. The Bertz CT molecular complexity index is 435. The Morgan fingerprint density at radius 1 is 1.24 bits per heavy atom. The minimum absolute atomic E-state index is 0.147. The minimum Gasteiger partial charge on any atom is -0.490 e. The van der Waals surface area contributed by atoms with Crippen molar-refractivity contribution in [1.29, 1.82) is 0 Å². The monoisotopic (exact) mass is 289 g/mol. The number of benzene rings is 1. The van der Waals surface area contributed by atoms with Gasteiger partial charge in [-0.25, -0.2) is 0 Å². The van der Waals surface area contributed by atoms with E-state index in [1.807, 2.05) is 0 Å². The van der Waals surface area contributed by atoms with E-state index < -0.39 is 0 Å². The first-order valence-corrected chi connectivity index (χ1v) is 8.47. The molecular formula is C19H31NO. The zero-order valence-electron chi connectivity index (χ0n) is 14.1. The van der Waals surface area contributed by atoms with Gasteiger partial charge in [-0.1, -0.05) is 31.9 Å². The van der Waals surface area contributed by atoms with Gasteiger partial charge in [-0.15, -0.1) is 0 Å². The van der Waals surface area contributed by atoms with Gasteiger partial charge >= 0.3 is 0 Å². The highest BCUT2D eigenvalue weighted by molar-refractivity contribution is 5.28. The Morgan fingerprint density at radius 3 is 2.76 bits per heavy atom. The molecule has 0 aromatic heterocycles. The summed E-state index contributed by atoms with van der Waals surface area (Å²) in [6.45, 7) is 9.77. The van der Waals surface area contributed by atoms with Crippen LogP contribution in [0.5, 0.6) is 5.75 Å². The van der Waals surface area contributed by atoms with Crippen LogP contribution in [0.2, 0.25) is 0 Å². The molecule has 118 valence electrons. The summed E-state index contributed by atoms with van der Waals surface area (Å²) in [6, 6.07) is 8.56. The lowest BCUT2D eigenvalue weighted by Crippen LogP contribution is -2.35. The maximum absolute atomic E-state index is 6.23. The van der Waals surface area contributed by atoms with E-state index in [1.165, 1.54) is 37.7 Å². The Balaban J connectivity index is 1.91. The first-order chi connectivity index (χ1) is 9.96. The molecule has 0 saturated heterocycles. The van der Waals surface area contributed by atoms with E-state index in [-0.39, 0.29) is 5.54 Å². The lowest BCUT2D eigenvalue weighted by molar-refractivity contribution is 0.122. The van der Waals surface area contributed by atoms with Gasteiger partial charge in [-0.3, -0.25) is 0 Å². The van der Waals surface area contributed by atoms with Gasteiger partial charge in [0.15, 0.2) is 0 Å². The molecule has 0 amide bonds. The van der Waals surface area contributed by atoms with E-state index in [2.05, 4.69) is 57.3 Å². The zero-order valence-corrected chi connectivity index (χ0v) is 14.1. The Morgan fingerprint density at radius 2 is 2.05 bits per heavy atom. The lowest BCUT2D eigenvalue weighted by atomic mass is 9.85. The smallest absolute Gasteiger partial charge is 0.120 e. The predicted octanol–water partition coefficient (Wildman–Crippen LogP) is 4.92. The van der Waals surface area contributed by atoms with Crippen LogP contribution in [0, 0.1) is 5.92 Å². The fourth-order valence-corrected chi connectivity index (χ4v) is 3.01. The van der Waals surface area contributed by atoms with Gasteiger partial charge in [0.25, 0.3) is 0 Å². The molecule has 2 nitrogen and oxygen atoms in total. The van der Waals surface area contributed by atoms with Crippen molar-refractivity contribution in [3.63, 3.8) is 0 Å². The van der Waals surface area contributed by atoms with Gasteiger partial charge in [0, 0.05) is 12.1 Å². The molecule has 0 aliphatic heterocycles. The summed E-state index contributed by atoms with van der Waals surface area (Å²) in [7, 11) is 0. The lowest BCUT2D eigenvalue weighted by Gasteiger charge is -2.29. The molecule has 2 atom stereocenters. The van der Waals surface area contributed by atoms with Crippen molar-refractivity contribution >= 4 is 0 Å². The Kier molecular flexibility index (Phi) is 5.69. The summed E-state index contributed by atoms with van der Waals surface area (Å²) in [5, 5.41) is 3.53. The van der Waals surface area contributed by atoms with Gasteiger partial charge in [0.05, 0.1) is 6.10 Å². The third-order valence-electron chi connectivity index (χ3n) is 4.34. The number of hydrogen-bond acceptors (Lipinski definition) is 2. The highest BCUT2D eigenvalue weighted by Crippen LogP contribution is 2.29. The molecule has 0 bridgehead atoms. The van der Waals surface area contributed by atoms with Crippen LogP contribution in [0.1, 0.15) is 65.4 Å². The molecule has 0 radical (unpaired) electrons. The second-order valence-corrected chi connectivity index (χ2v) is 7.43. The average Bonchev–Trinajstić information content (AvgIpc) is 2.45. The van der Waals surface area contributed by atoms with E-state index in [1.54, 1.807) is 0 Å². The molecule has 1 saturated carbocycles. The molecule has 1 aromatic rings. The topological polar surface area (TPSA) is 21.3 Å². The maximum atomic E-state index is 6.23. The van der Waals surface area contributed by atoms with Crippen LogP contribution in [0.3, 0.4) is 0 Å². The molecule has 2 heteroatoms. The molecule has 1 aromatic carbocycles. The summed E-state index contributed by atoms with van der Waals surface area (Å²) in [5.41, 5.74) is 1.44. The maximum Gasteiger partial charge on any atom is 0.120 e. The van der Waals surface area contributed by atoms with Crippen LogP contribution < -0.4 is 10.1 Å². The quantitative estimate of drug-likeness (QED) is 0.830. The molecule has 1 aliphatic rings. The van der Waals surface area contributed by atoms with Gasteiger partial charge in [-0.05, 0) is 63.6 Å². The highest BCUT2D eigenvalue weighted by Gasteiger charge is 2.22. The highest BCUT2D eigenvalue weighted by atomic mass is 16.5. The fraction of sp³-hybridized carbons (Fsp3) is 0.684. The van der Waals surface area contributed by atoms with Gasteiger partial charge < -0.3 is 10.1 Å². The van der Waals surface area contributed by atoms with Crippen molar-refractivity contribution in [2.75, 3.05) is 0 Å². The summed E-state index contributed by atoms with van der Waals surface area (Å²) < 4.78 is 6.23. The van der Waals surface area contributed by atoms with Crippen LogP contribution in [-0.4, -0.2) is 11.6 Å². The van der Waals surface area contributed by atoms with Crippen LogP contribution >= 0.6 is 0 Å². The summed E-state index contributed by atoms with van der Waals surface area (Å²) in [4.78, 5) is 0. The van der Waals surface area contributed by atoms with Crippen LogP contribution in [-0.2, 0) is 6.54 Å². The van der Waals surface area contributed by atoms with Crippen LogP contribution in [0.15, 0.2) is 24.3 Å². The summed E-state index contributed by atoms with van der Waals surface area (Å²) >= 11 is 0. The van der Waals surface area contributed by atoms with E-state index >= 15 is 0 Å². The first-order valence-electron chi connectivity index (χ1n) is 8.47. The van der Waals surface area contributed by atoms with Gasteiger partial charge in [0.1, 0.15) is 5.75 Å². The van der Waals surface area contributed by atoms with E-state index in [9.17, 15) is 0 Å². The molecule has 1 fully saturated rings. The standard InChI is InChI=1S/C19H31NO/c1-5-15-8-6-10-17(12-15)21-18-11-7-9-16(13-18)14-20-19(2,3)4/h7,9,11,13,15,17,20H,5-6,8,10,12,14H2,1-4H3. The van der Waals surface area contributed by atoms with Crippen molar-refractivity contribution in [2.45, 2.75) is 78.0 Å². The van der Waals surface area contributed by atoms with Crippen LogP contribution in [0.4, 0.5) is 0 Å². The molecule has 2 rings (SSSR count). The summed E-state index contributed by atoms with van der Waals surface area (Å²) in [6.07, 6.45) is 6.83. The van der Waals surface area contributed by atoms with Gasteiger partial charge in [0.2, 0.25) is 0 Å². The van der Waals surface area contributed by atoms with E-state index in [4.69, 9.17) is 4.74 Å². The first kappa shape index (κ1) is 16.4. The molecule has 21 heavy (non-hydrogen) atoms. The normalized spacial score (nSPS) is 23.0. The number of nitrogens with one attached hydrogen (secondary N) is 1. The van der Waals surface area contributed by atoms with Crippen LogP contribution in [0.25, 0.3) is 0 Å². The predicted molar refractivity (Wildman–Crippen MR) is 89.7 cm³/mol. The second kappa shape index (κ2) is 7.31. The Labute approximate surface area is 130 Å². The zero-order chi connectivity index (χ0) is 15.3. The number of ether oxygens (including phenoxy) is 1. The van der Waals surface area contributed by atoms with E-state index in [0.717, 1.165) is 18.2 Å².